The van der Waals surface area contributed by atoms with Gasteiger partial charge in [-0.3, -0.25) is 14.5 Å². The van der Waals surface area contributed by atoms with Crippen molar-refractivity contribution in [2.45, 2.75) is 25.9 Å². The van der Waals surface area contributed by atoms with E-state index in [0.717, 1.165) is 11.1 Å². The molecule has 6 heteroatoms. The fourth-order valence-corrected chi connectivity index (χ4v) is 4.41. The molecule has 1 atom stereocenters. The van der Waals surface area contributed by atoms with Crippen molar-refractivity contribution in [3.8, 4) is 0 Å². The van der Waals surface area contributed by atoms with Gasteiger partial charge >= 0.3 is 0 Å². The maximum atomic E-state index is 14.6. The van der Waals surface area contributed by atoms with Crippen LogP contribution in [0.5, 0.6) is 0 Å². The zero-order valence-corrected chi connectivity index (χ0v) is 19.6. The van der Waals surface area contributed by atoms with E-state index in [1.165, 1.54) is 13.0 Å². The summed E-state index contributed by atoms with van der Waals surface area (Å²) in [6.07, 6.45) is 0. The van der Waals surface area contributed by atoms with E-state index in [4.69, 9.17) is 0 Å². The van der Waals surface area contributed by atoms with Crippen molar-refractivity contribution in [1.29, 1.82) is 0 Å². The Morgan fingerprint density at radius 3 is 1.91 bits per heavy atom. The van der Waals surface area contributed by atoms with E-state index in [9.17, 15) is 14.0 Å². The normalized spacial score (nSPS) is 15.2. The standard InChI is InChI=1S/C28H30FN3O2/c1-20(28(34)30-27(22-9-5-3-6-10-22)23-11-7-4-8-12-23)31-15-17-32(18-16-31)26-14-13-24(21(2)33)19-25(26)29/h3-14,19-20,27H,15-18H2,1-2H3,(H,30,34)/t20-/m0/s1. The number of benzene rings is 3. The number of anilines is 1. The number of hydrogen-bond acceptors (Lipinski definition) is 4. The third-order valence-corrected chi connectivity index (χ3v) is 6.49. The predicted molar refractivity (Wildman–Crippen MR) is 133 cm³/mol. The Bertz CT molecular complexity index is 1090. The SMILES string of the molecule is CC(=O)c1ccc(N2CCN([C@@H](C)C(=O)NC(c3ccccc3)c3ccccc3)CC2)c(F)c1. The highest BCUT2D eigenvalue weighted by atomic mass is 19.1. The Balaban J connectivity index is 1.41. The van der Waals surface area contributed by atoms with Gasteiger partial charge in [0.05, 0.1) is 17.8 Å². The molecule has 0 aromatic heterocycles. The number of hydrogen-bond donors (Lipinski definition) is 1. The number of halogens is 1. The summed E-state index contributed by atoms with van der Waals surface area (Å²) < 4.78 is 14.6. The molecule has 3 aromatic rings. The Labute approximate surface area is 200 Å². The molecule has 0 bridgehead atoms. The fraction of sp³-hybridized carbons (Fsp3) is 0.286. The number of carbonyl (C=O) groups is 2. The van der Waals surface area contributed by atoms with Crippen LogP contribution < -0.4 is 10.2 Å². The highest BCUT2D eigenvalue weighted by molar-refractivity contribution is 5.94. The molecule has 1 aliphatic rings. The molecule has 0 radical (unpaired) electrons. The molecule has 3 aromatic carbocycles. The van der Waals surface area contributed by atoms with Gasteiger partial charge in [0.25, 0.3) is 0 Å². The van der Waals surface area contributed by atoms with Crippen molar-refractivity contribution in [3.63, 3.8) is 0 Å². The number of rotatable bonds is 7. The van der Waals surface area contributed by atoms with Crippen LogP contribution in [-0.4, -0.2) is 48.8 Å². The smallest absolute Gasteiger partial charge is 0.237 e. The maximum absolute atomic E-state index is 14.6. The number of piperazine rings is 1. The second-order valence-corrected chi connectivity index (χ2v) is 8.68. The summed E-state index contributed by atoms with van der Waals surface area (Å²) >= 11 is 0. The van der Waals surface area contributed by atoms with Crippen LogP contribution in [0.2, 0.25) is 0 Å². The first-order chi connectivity index (χ1) is 16.4. The van der Waals surface area contributed by atoms with E-state index < -0.39 is 0 Å². The molecular formula is C28H30FN3O2. The van der Waals surface area contributed by atoms with Crippen LogP contribution >= 0.6 is 0 Å². The molecule has 1 amide bonds. The number of nitrogens with zero attached hydrogens (tertiary/aromatic N) is 2. The average molecular weight is 460 g/mol. The van der Waals surface area contributed by atoms with Crippen molar-refractivity contribution in [3.05, 3.63) is 101 Å². The van der Waals surface area contributed by atoms with Gasteiger partial charge in [-0.2, -0.15) is 0 Å². The molecule has 1 heterocycles. The molecule has 34 heavy (non-hydrogen) atoms. The zero-order chi connectivity index (χ0) is 24.1. The molecule has 1 saturated heterocycles. The van der Waals surface area contributed by atoms with E-state index in [1.54, 1.807) is 12.1 Å². The average Bonchev–Trinajstić information content (AvgIpc) is 2.87. The molecule has 0 aliphatic carbocycles. The van der Waals surface area contributed by atoms with Crippen molar-refractivity contribution >= 4 is 17.4 Å². The van der Waals surface area contributed by atoms with Crippen molar-refractivity contribution in [2.75, 3.05) is 31.1 Å². The molecule has 1 aliphatic heterocycles. The lowest BCUT2D eigenvalue weighted by Gasteiger charge is -2.39. The molecule has 5 nitrogen and oxygen atoms in total. The largest absolute Gasteiger partial charge is 0.367 e. The van der Waals surface area contributed by atoms with Crippen LogP contribution in [0.3, 0.4) is 0 Å². The Morgan fingerprint density at radius 2 is 1.41 bits per heavy atom. The molecule has 4 rings (SSSR count). The summed E-state index contributed by atoms with van der Waals surface area (Å²) in [5, 5.41) is 3.23. The van der Waals surface area contributed by atoms with E-state index in [0.29, 0.717) is 37.4 Å². The minimum atomic E-state index is -0.388. The van der Waals surface area contributed by atoms with Gasteiger partial charge in [0, 0.05) is 31.7 Å². The van der Waals surface area contributed by atoms with Gasteiger partial charge in [0.15, 0.2) is 5.78 Å². The highest BCUT2D eigenvalue weighted by Gasteiger charge is 2.28. The summed E-state index contributed by atoms with van der Waals surface area (Å²) in [5.41, 5.74) is 2.93. The van der Waals surface area contributed by atoms with Crippen LogP contribution in [0.25, 0.3) is 0 Å². The van der Waals surface area contributed by atoms with E-state index >= 15 is 0 Å². The van der Waals surface area contributed by atoms with Gasteiger partial charge < -0.3 is 10.2 Å². The zero-order valence-electron chi connectivity index (χ0n) is 19.6. The van der Waals surface area contributed by atoms with Crippen LogP contribution in [0, 0.1) is 5.82 Å². The third kappa shape index (κ3) is 5.34. The molecular weight excluding hydrogens is 429 g/mol. The molecule has 176 valence electrons. The second-order valence-electron chi connectivity index (χ2n) is 8.68. The number of ketones is 1. The quantitative estimate of drug-likeness (QED) is 0.531. The first-order valence-electron chi connectivity index (χ1n) is 11.6. The molecule has 1 N–H and O–H groups in total. The van der Waals surface area contributed by atoms with Crippen molar-refractivity contribution in [2.24, 2.45) is 0 Å². The first-order valence-corrected chi connectivity index (χ1v) is 11.6. The van der Waals surface area contributed by atoms with Crippen molar-refractivity contribution < 1.29 is 14.0 Å². The van der Waals surface area contributed by atoms with Crippen LogP contribution in [-0.2, 0) is 4.79 Å². The second kappa shape index (κ2) is 10.6. The summed E-state index contributed by atoms with van der Waals surface area (Å²) in [7, 11) is 0. The molecule has 0 spiro atoms. The predicted octanol–water partition coefficient (Wildman–Crippen LogP) is 4.44. The first kappa shape index (κ1) is 23.6. The lowest BCUT2D eigenvalue weighted by Crippen LogP contribution is -2.54. The minimum absolute atomic E-state index is 0.0388. The van der Waals surface area contributed by atoms with Crippen molar-refractivity contribution in [1.82, 2.24) is 10.2 Å². The summed E-state index contributed by atoms with van der Waals surface area (Å²) in [6, 6.07) is 24.0. The topological polar surface area (TPSA) is 52.7 Å². The number of nitrogens with one attached hydrogen (secondary N) is 1. The van der Waals surface area contributed by atoms with Gasteiger partial charge in [-0.05, 0) is 43.2 Å². The summed E-state index contributed by atoms with van der Waals surface area (Å²) in [4.78, 5) is 28.8. The Kier molecular flexibility index (Phi) is 7.38. The van der Waals surface area contributed by atoms with Gasteiger partial charge in [-0.1, -0.05) is 60.7 Å². The minimum Gasteiger partial charge on any atom is -0.367 e. The highest BCUT2D eigenvalue weighted by Crippen LogP contribution is 2.24. The number of Topliss-reactive ketones (excluding diaryl/α,β-unsaturated/α-hetero) is 1. The molecule has 1 fully saturated rings. The summed E-state index contributed by atoms with van der Waals surface area (Å²) in [6.45, 7) is 5.84. The number of amides is 1. The van der Waals surface area contributed by atoms with Crippen LogP contribution in [0.1, 0.15) is 41.4 Å². The monoisotopic (exact) mass is 459 g/mol. The van der Waals surface area contributed by atoms with Gasteiger partial charge in [0.2, 0.25) is 5.91 Å². The maximum Gasteiger partial charge on any atom is 0.237 e. The third-order valence-electron chi connectivity index (χ3n) is 6.49. The molecule has 0 saturated carbocycles. The Morgan fingerprint density at radius 1 is 0.853 bits per heavy atom. The Hall–Kier alpha value is -3.51. The van der Waals surface area contributed by atoms with Crippen LogP contribution in [0.15, 0.2) is 78.9 Å². The van der Waals surface area contributed by atoms with E-state index in [-0.39, 0.29) is 29.6 Å². The van der Waals surface area contributed by atoms with E-state index in [1.807, 2.05) is 72.5 Å². The lowest BCUT2D eigenvalue weighted by atomic mass is 9.98. The fourth-order valence-electron chi connectivity index (χ4n) is 4.41. The van der Waals surface area contributed by atoms with Gasteiger partial charge in [-0.25, -0.2) is 4.39 Å². The van der Waals surface area contributed by atoms with Crippen LogP contribution in [0.4, 0.5) is 10.1 Å². The molecule has 0 unspecified atom stereocenters. The number of carbonyl (C=O) groups excluding carboxylic acids is 2. The van der Waals surface area contributed by atoms with Gasteiger partial charge in [0.1, 0.15) is 5.82 Å². The summed E-state index contributed by atoms with van der Waals surface area (Å²) in [5.74, 6) is -0.580. The van der Waals surface area contributed by atoms with Gasteiger partial charge in [-0.15, -0.1) is 0 Å². The lowest BCUT2D eigenvalue weighted by molar-refractivity contribution is -0.126. The van der Waals surface area contributed by atoms with E-state index in [2.05, 4.69) is 10.2 Å².